The normalized spacial score (nSPS) is 10.2. The number of methoxy groups -OCH3 is 1. The van der Waals surface area contributed by atoms with Crippen molar-refractivity contribution >= 4 is 23.2 Å². The van der Waals surface area contributed by atoms with Crippen molar-refractivity contribution in [3.05, 3.63) is 46.2 Å². The Morgan fingerprint density at radius 2 is 2.14 bits per heavy atom. The third-order valence-corrected chi connectivity index (χ3v) is 3.87. The Morgan fingerprint density at radius 3 is 2.67 bits per heavy atom. The number of halogens is 2. The third kappa shape index (κ3) is 3.12. The van der Waals surface area contributed by atoms with Gasteiger partial charge in [-0.05, 0) is 42.7 Å². The van der Waals surface area contributed by atoms with Crippen LogP contribution in [0.15, 0.2) is 24.4 Å². The monoisotopic (exact) mass is 320 g/mol. The van der Waals surface area contributed by atoms with Crippen LogP contribution in [0.25, 0.3) is 11.1 Å². The van der Waals surface area contributed by atoms with E-state index in [2.05, 4.69) is 4.98 Å². The molecule has 0 saturated heterocycles. The number of nitrogens with zero attached hydrogens (tertiary/aromatic N) is 2. The molecule has 0 radical (unpaired) electrons. The molecule has 0 aliphatic carbocycles. The Kier molecular flexibility index (Phi) is 5.06. The van der Waals surface area contributed by atoms with Crippen molar-refractivity contribution in [2.45, 2.75) is 13.3 Å². The van der Waals surface area contributed by atoms with Crippen LogP contribution in [0.5, 0.6) is 5.75 Å². The molecular formula is C16H14Cl2N2O. The first-order chi connectivity index (χ1) is 10.1. The molecule has 1 aromatic carbocycles. The molecular weight excluding hydrogens is 307 g/mol. The van der Waals surface area contributed by atoms with E-state index in [1.807, 2.05) is 25.1 Å². The number of benzene rings is 1. The zero-order chi connectivity index (χ0) is 15.4. The Labute approximate surface area is 134 Å². The molecule has 0 N–H and O–H groups in total. The summed E-state index contributed by atoms with van der Waals surface area (Å²) in [7, 11) is 1.63. The van der Waals surface area contributed by atoms with Gasteiger partial charge < -0.3 is 4.74 Å². The van der Waals surface area contributed by atoms with Crippen molar-refractivity contribution < 1.29 is 4.74 Å². The van der Waals surface area contributed by atoms with Crippen molar-refractivity contribution in [3.63, 3.8) is 0 Å². The summed E-state index contributed by atoms with van der Waals surface area (Å²) in [4.78, 5) is 4.11. The van der Waals surface area contributed by atoms with E-state index >= 15 is 0 Å². The molecule has 0 spiro atoms. The first-order valence-electron chi connectivity index (χ1n) is 6.40. The van der Waals surface area contributed by atoms with Crippen LogP contribution in [0.2, 0.25) is 5.02 Å². The van der Waals surface area contributed by atoms with Gasteiger partial charge in [0.2, 0.25) is 0 Å². The van der Waals surface area contributed by atoms with Gasteiger partial charge in [-0.1, -0.05) is 11.6 Å². The summed E-state index contributed by atoms with van der Waals surface area (Å²) in [5.41, 5.74) is 4.00. The van der Waals surface area contributed by atoms with Crippen LogP contribution in [-0.2, 0) is 6.42 Å². The van der Waals surface area contributed by atoms with E-state index in [9.17, 15) is 0 Å². The van der Waals surface area contributed by atoms with Crippen molar-refractivity contribution in [2.75, 3.05) is 13.0 Å². The lowest BCUT2D eigenvalue weighted by Crippen LogP contribution is -1.99. The van der Waals surface area contributed by atoms with Crippen molar-refractivity contribution in [2.24, 2.45) is 0 Å². The van der Waals surface area contributed by atoms with E-state index in [1.165, 1.54) is 0 Å². The van der Waals surface area contributed by atoms with Crippen molar-refractivity contribution in [1.29, 1.82) is 5.26 Å². The predicted molar refractivity (Wildman–Crippen MR) is 85.1 cm³/mol. The van der Waals surface area contributed by atoms with Gasteiger partial charge in [-0.25, -0.2) is 4.98 Å². The number of hydrogen-bond acceptors (Lipinski definition) is 3. The summed E-state index contributed by atoms with van der Waals surface area (Å²) in [5.74, 6) is 1.24. The molecule has 1 heterocycles. The van der Waals surface area contributed by atoms with Crippen LogP contribution in [0.3, 0.4) is 0 Å². The Bertz CT molecular complexity index is 691. The quantitative estimate of drug-likeness (QED) is 0.786. The Balaban J connectivity index is 2.67. The molecule has 0 unspecified atom stereocenters. The average molecular weight is 321 g/mol. The number of pyridine rings is 1. The first kappa shape index (κ1) is 15.6. The fourth-order valence-corrected chi connectivity index (χ4v) is 2.68. The molecule has 1 aromatic heterocycles. The maximum Gasteiger partial charge on any atom is 0.140 e. The van der Waals surface area contributed by atoms with Gasteiger partial charge in [-0.3, -0.25) is 0 Å². The number of alkyl halides is 1. The molecule has 0 saturated carbocycles. The van der Waals surface area contributed by atoms with E-state index < -0.39 is 0 Å². The zero-order valence-electron chi connectivity index (χ0n) is 11.8. The molecule has 0 amide bonds. The second-order valence-corrected chi connectivity index (χ2v) is 5.32. The lowest BCUT2D eigenvalue weighted by atomic mass is 9.96. The number of hydrogen-bond donors (Lipinski definition) is 0. The molecule has 0 bridgehead atoms. The highest BCUT2D eigenvalue weighted by molar-refractivity contribution is 6.32. The smallest absolute Gasteiger partial charge is 0.140 e. The van der Waals surface area contributed by atoms with E-state index in [4.69, 9.17) is 33.2 Å². The van der Waals surface area contributed by atoms with E-state index in [-0.39, 0.29) is 0 Å². The van der Waals surface area contributed by atoms with Gasteiger partial charge in [0.25, 0.3) is 0 Å². The zero-order valence-corrected chi connectivity index (χ0v) is 13.3. The fourth-order valence-electron chi connectivity index (χ4n) is 2.25. The van der Waals surface area contributed by atoms with E-state index in [1.54, 1.807) is 19.4 Å². The van der Waals surface area contributed by atoms with E-state index in [0.717, 1.165) is 28.0 Å². The SMILES string of the molecule is COc1c(CCCl)cc(Cl)c(C)c1-c1ccc(C#N)nc1. The molecule has 3 nitrogen and oxygen atoms in total. The molecule has 0 aliphatic rings. The minimum absolute atomic E-state index is 0.373. The summed E-state index contributed by atoms with van der Waals surface area (Å²) in [6.07, 6.45) is 2.33. The van der Waals surface area contributed by atoms with Gasteiger partial charge >= 0.3 is 0 Å². The third-order valence-electron chi connectivity index (χ3n) is 3.29. The van der Waals surface area contributed by atoms with Crippen LogP contribution in [-0.4, -0.2) is 18.0 Å². The van der Waals surface area contributed by atoms with Crippen LogP contribution in [0.4, 0.5) is 0 Å². The van der Waals surface area contributed by atoms with Gasteiger partial charge in [0.05, 0.1) is 7.11 Å². The fraction of sp³-hybridized carbons (Fsp3) is 0.250. The van der Waals surface area contributed by atoms with Crippen LogP contribution in [0.1, 0.15) is 16.8 Å². The molecule has 2 rings (SSSR count). The molecule has 21 heavy (non-hydrogen) atoms. The van der Waals surface area contributed by atoms with Crippen molar-refractivity contribution in [3.8, 4) is 22.9 Å². The van der Waals surface area contributed by atoms with Gasteiger partial charge in [-0.2, -0.15) is 5.26 Å². The van der Waals surface area contributed by atoms with Crippen LogP contribution < -0.4 is 4.74 Å². The highest BCUT2D eigenvalue weighted by Gasteiger charge is 2.17. The summed E-state index contributed by atoms with van der Waals surface area (Å²) in [6, 6.07) is 7.42. The second kappa shape index (κ2) is 6.80. The minimum atomic E-state index is 0.373. The van der Waals surface area contributed by atoms with E-state index in [0.29, 0.717) is 23.0 Å². The maximum atomic E-state index is 8.84. The first-order valence-corrected chi connectivity index (χ1v) is 7.32. The Hall–Kier alpha value is -1.76. The number of aromatic nitrogens is 1. The van der Waals surface area contributed by atoms with Gasteiger partial charge in [0.1, 0.15) is 17.5 Å². The lowest BCUT2D eigenvalue weighted by molar-refractivity contribution is 0.411. The molecule has 0 fully saturated rings. The largest absolute Gasteiger partial charge is 0.496 e. The van der Waals surface area contributed by atoms with Gasteiger partial charge in [0.15, 0.2) is 0 Å². The number of nitriles is 1. The summed E-state index contributed by atoms with van der Waals surface area (Å²) in [6.45, 7) is 1.93. The minimum Gasteiger partial charge on any atom is -0.496 e. The van der Waals surface area contributed by atoms with Crippen molar-refractivity contribution in [1.82, 2.24) is 4.98 Å². The molecule has 0 aliphatic heterocycles. The van der Waals surface area contributed by atoms with Gasteiger partial charge in [-0.15, -0.1) is 11.6 Å². The topological polar surface area (TPSA) is 45.9 Å². The lowest BCUT2D eigenvalue weighted by Gasteiger charge is -2.17. The number of ether oxygens (including phenoxy) is 1. The summed E-state index contributed by atoms with van der Waals surface area (Å²) in [5, 5.41) is 9.50. The molecule has 2 aromatic rings. The molecule has 0 atom stereocenters. The summed E-state index contributed by atoms with van der Waals surface area (Å²) < 4.78 is 5.57. The summed E-state index contributed by atoms with van der Waals surface area (Å²) >= 11 is 12.2. The number of aryl methyl sites for hydroxylation is 1. The van der Waals surface area contributed by atoms with Gasteiger partial charge in [0, 0.05) is 28.2 Å². The second-order valence-electron chi connectivity index (χ2n) is 4.53. The Morgan fingerprint density at radius 1 is 1.38 bits per heavy atom. The maximum absolute atomic E-state index is 8.84. The average Bonchev–Trinajstić information content (AvgIpc) is 2.51. The molecule has 5 heteroatoms. The predicted octanol–water partition coefficient (Wildman–Crippen LogP) is 4.37. The number of rotatable bonds is 4. The van der Waals surface area contributed by atoms with Crippen LogP contribution >= 0.6 is 23.2 Å². The highest BCUT2D eigenvalue weighted by Crippen LogP contribution is 2.40. The highest BCUT2D eigenvalue weighted by atomic mass is 35.5. The standard InChI is InChI=1S/C16H14Cl2N2O/c1-10-14(18)7-11(5-6-17)16(21-2)15(10)12-3-4-13(8-19)20-9-12/h3-4,7,9H,5-6H2,1-2H3. The van der Waals surface area contributed by atoms with Crippen LogP contribution in [0, 0.1) is 18.3 Å². The molecule has 108 valence electrons.